The molecule has 0 spiro atoms. The van der Waals surface area contributed by atoms with Gasteiger partial charge in [-0.2, -0.15) is 0 Å². The normalized spacial score (nSPS) is 13.3. The molecule has 1 rings (SSSR count). The molecule has 2 nitrogen and oxygen atoms in total. The maximum absolute atomic E-state index is 5.53. The SMILES string of the molecule is CCC(NCc1ccc(C)o1)C(C)(C)C.Cl. The summed E-state index contributed by atoms with van der Waals surface area (Å²) in [5.41, 5.74) is 0.302. The van der Waals surface area contributed by atoms with Gasteiger partial charge in [-0.3, -0.25) is 0 Å². The average Bonchev–Trinajstić information content (AvgIpc) is 2.50. The second-order valence-electron chi connectivity index (χ2n) is 5.22. The van der Waals surface area contributed by atoms with E-state index < -0.39 is 0 Å². The summed E-state index contributed by atoms with van der Waals surface area (Å²) >= 11 is 0. The molecule has 0 fully saturated rings. The Hall–Kier alpha value is -0.470. The minimum Gasteiger partial charge on any atom is -0.465 e. The van der Waals surface area contributed by atoms with Crippen LogP contribution in [0.25, 0.3) is 0 Å². The van der Waals surface area contributed by atoms with Gasteiger partial charge in [0.25, 0.3) is 0 Å². The van der Waals surface area contributed by atoms with Crippen molar-refractivity contribution in [1.29, 1.82) is 0 Å². The van der Waals surface area contributed by atoms with Crippen molar-refractivity contribution in [3.63, 3.8) is 0 Å². The van der Waals surface area contributed by atoms with E-state index in [1.165, 1.54) is 0 Å². The maximum Gasteiger partial charge on any atom is 0.117 e. The molecule has 0 aliphatic carbocycles. The third-order valence-corrected chi connectivity index (χ3v) is 2.77. The molecule has 0 aliphatic rings. The van der Waals surface area contributed by atoms with Crippen LogP contribution in [0.2, 0.25) is 0 Å². The highest BCUT2D eigenvalue weighted by molar-refractivity contribution is 5.85. The van der Waals surface area contributed by atoms with Gasteiger partial charge in [-0.25, -0.2) is 0 Å². The highest BCUT2D eigenvalue weighted by Crippen LogP contribution is 2.22. The Kier molecular flexibility index (Phi) is 6.13. The van der Waals surface area contributed by atoms with Crippen LogP contribution < -0.4 is 5.32 Å². The standard InChI is InChI=1S/C13H23NO.ClH/c1-6-12(13(3,4)5)14-9-11-8-7-10(2)15-11;/h7-8,12,14H,6,9H2,1-5H3;1H. The maximum atomic E-state index is 5.53. The Morgan fingerprint density at radius 2 is 1.94 bits per heavy atom. The minimum atomic E-state index is 0. The van der Waals surface area contributed by atoms with Gasteiger partial charge in [0.1, 0.15) is 11.5 Å². The van der Waals surface area contributed by atoms with E-state index in [0.29, 0.717) is 11.5 Å². The number of aryl methyl sites for hydroxylation is 1. The van der Waals surface area contributed by atoms with Crippen molar-refractivity contribution in [2.45, 2.75) is 53.6 Å². The molecule has 1 aromatic rings. The van der Waals surface area contributed by atoms with Gasteiger partial charge in [0, 0.05) is 6.04 Å². The Morgan fingerprint density at radius 1 is 1.31 bits per heavy atom. The molecule has 0 bridgehead atoms. The van der Waals surface area contributed by atoms with Gasteiger partial charge in [-0.15, -0.1) is 12.4 Å². The Balaban J connectivity index is 0.00000225. The molecular weight excluding hydrogens is 222 g/mol. The lowest BCUT2D eigenvalue weighted by Crippen LogP contribution is -2.39. The third-order valence-electron chi connectivity index (χ3n) is 2.77. The van der Waals surface area contributed by atoms with Gasteiger partial charge >= 0.3 is 0 Å². The molecule has 1 unspecified atom stereocenters. The number of furan rings is 1. The van der Waals surface area contributed by atoms with Gasteiger partial charge in [0.05, 0.1) is 6.54 Å². The summed E-state index contributed by atoms with van der Waals surface area (Å²) in [7, 11) is 0. The lowest BCUT2D eigenvalue weighted by molar-refractivity contribution is 0.253. The Morgan fingerprint density at radius 3 is 2.31 bits per heavy atom. The molecule has 0 aliphatic heterocycles. The number of rotatable bonds is 4. The molecule has 0 aromatic carbocycles. The molecule has 0 saturated heterocycles. The molecule has 1 aromatic heterocycles. The van der Waals surface area contributed by atoms with Gasteiger partial charge in [-0.1, -0.05) is 27.7 Å². The molecule has 1 N–H and O–H groups in total. The van der Waals surface area contributed by atoms with Crippen LogP contribution in [0, 0.1) is 12.3 Å². The second-order valence-corrected chi connectivity index (χ2v) is 5.22. The second kappa shape index (κ2) is 6.31. The van der Waals surface area contributed by atoms with Crippen LogP contribution in [0.3, 0.4) is 0 Å². The fourth-order valence-corrected chi connectivity index (χ4v) is 1.87. The van der Waals surface area contributed by atoms with Crippen LogP contribution >= 0.6 is 12.4 Å². The predicted molar refractivity (Wildman–Crippen MR) is 71.1 cm³/mol. The summed E-state index contributed by atoms with van der Waals surface area (Å²) in [4.78, 5) is 0. The molecule has 1 heterocycles. The first kappa shape index (κ1) is 15.5. The van der Waals surface area contributed by atoms with Crippen LogP contribution in [0.5, 0.6) is 0 Å². The predicted octanol–water partition coefficient (Wildman–Crippen LogP) is 3.92. The van der Waals surface area contributed by atoms with E-state index in [9.17, 15) is 0 Å². The van der Waals surface area contributed by atoms with Crippen LogP contribution in [0.1, 0.15) is 45.6 Å². The molecule has 0 amide bonds. The lowest BCUT2D eigenvalue weighted by atomic mass is 9.85. The molecule has 0 saturated carbocycles. The van der Waals surface area contributed by atoms with E-state index in [1.54, 1.807) is 0 Å². The number of hydrogen-bond donors (Lipinski definition) is 1. The zero-order valence-corrected chi connectivity index (χ0v) is 11.8. The first-order valence-electron chi connectivity index (χ1n) is 5.72. The summed E-state index contributed by atoms with van der Waals surface area (Å²) in [6, 6.07) is 4.58. The largest absolute Gasteiger partial charge is 0.465 e. The topological polar surface area (TPSA) is 25.2 Å². The van der Waals surface area contributed by atoms with Crippen LogP contribution in [-0.4, -0.2) is 6.04 Å². The molecule has 94 valence electrons. The van der Waals surface area contributed by atoms with Gasteiger partial charge < -0.3 is 9.73 Å². The molecule has 1 atom stereocenters. The monoisotopic (exact) mass is 245 g/mol. The highest BCUT2D eigenvalue weighted by Gasteiger charge is 2.22. The first-order valence-corrected chi connectivity index (χ1v) is 5.72. The highest BCUT2D eigenvalue weighted by atomic mass is 35.5. The fourth-order valence-electron chi connectivity index (χ4n) is 1.87. The van der Waals surface area contributed by atoms with E-state index in [2.05, 4.69) is 33.0 Å². The van der Waals surface area contributed by atoms with E-state index >= 15 is 0 Å². The number of hydrogen-bond acceptors (Lipinski definition) is 2. The molecule has 3 heteroatoms. The number of halogens is 1. The van der Waals surface area contributed by atoms with Gasteiger partial charge in [-0.05, 0) is 30.9 Å². The third kappa shape index (κ3) is 4.58. The molecular formula is C13H24ClNO. The first-order chi connectivity index (χ1) is 6.93. The summed E-state index contributed by atoms with van der Waals surface area (Å²) in [6.45, 7) is 11.8. The summed E-state index contributed by atoms with van der Waals surface area (Å²) in [5, 5.41) is 3.55. The molecule has 16 heavy (non-hydrogen) atoms. The van der Waals surface area contributed by atoms with Crippen molar-refractivity contribution in [1.82, 2.24) is 5.32 Å². The van der Waals surface area contributed by atoms with Crippen molar-refractivity contribution in [3.8, 4) is 0 Å². The smallest absolute Gasteiger partial charge is 0.117 e. The Labute approximate surface area is 105 Å². The van der Waals surface area contributed by atoms with Crippen LogP contribution in [0.15, 0.2) is 16.5 Å². The number of nitrogens with one attached hydrogen (secondary N) is 1. The summed E-state index contributed by atoms with van der Waals surface area (Å²) in [5.74, 6) is 2.01. The summed E-state index contributed by atoms with van der Waals surface area (Å²) < 4.78 is 5.53. The van der Waals surface area contributed by atoms with E-state index in [-0.39, 0.29) is 12.4 Å². The van der Waals surface area contributed by atoms with Crippen molar-refractivity contribution in [2.75, 3.05) is 0 Å². The average molecular weight is 246 g/mol. The van der Waals surface area contributed by atoms with E-state index in [4.69, 9.17) is 4.42 Å². The Bertz CT molecular complexity index is 301. The van der Waals surface area contributed by atoms with Gasteiger partial charge in [0.15, 0.2) is 0 Å². The van der Waals surface area contributed by atoms with Gasteiger partial charge in [0.2, 0.25) is 0 Å². The minimum absolute atomic E-state index is 0. The lowest BCUT2D eigenvalue weighted by Gasteiger charge is -2.30. The van der Waals surface area contributed by atoms with E-state index in [0.717, 1.165) is 24.5 Å². The van der Waals surface area contributed by atoms with Crippen molar-refractivity contribution >= 4 is 12.4 Å². The van der Waals surface area contributed by atoms with Crippen LogP contribution in [-0.2, 0) is 6.54 Å². The summed E-state index contributed by atoms with van der Waals surface area (Å²) in [6.07, 6.45) is 1.14. The van der Waals surface area contributed by atoms with Crippen molar-refractivity contribution in [2.24, 2.45) is 5.41 Å². The van der Waals surface area contributed by atoms with E-state index in [1.807, 2.05) is 19.1 Å². The molecule has 0 radical (unpaired) electrons. The van der Waals surface area contributed by atoms with Crippen LogP contribution in [0.4, 0.5) is 0 Å². The van der Waals surface area contributed by atoms with Crippen molar-refractivity contribution in [3.05, 3.63) is 23.7 Å². The fraction of sp³-hybridized carbons (Fsp3) is 0.692. The van der Waals surface area contributed by atoms with Crippen molar-refractivity contribution < 1.29 is 4.42 Å². The zero-order chi connectivity index (χ0) is 11.5. The zero-order valence-electron chi connectivity index (χ0n) is 11.0. The quantitative estimate of drug-likeness (QED) is 0.870.